The monoisotopic (exact) mass is 413 g/mol. The van der Waals surface area contributed by atoms with Gasteiger partial charge in [0.25, 0.3) is 0 Å². The van der Waals surface area contributed by atoms with E-state index in [0.29, 0.717) is 52.2 Å². The van der Waals surface area contributed by atoms with Crippen molar-refractivity contribution in [2.75, 3.05) is 52.9 Å². The highest BCUT2D eigenvalue weighted by atomic mass is 16.6. The van der Waals surface area contributed by atoms with Gasteiger partial charge in [0.15, 0.2) is 5.78 Å². The van der Waals surface area contributed by atoms with Crippen LogP contribution in [0.1, 0.15) is 46.2 Å². The number of hydrogen-bond donors (Lipinski definition) is 0. The van der Waals surface area contributed by atoms with Crippen molar-refractivity contribution in [3.63, 3.8) is 0 Å². The van der Waals surface area contributed by atoms with Gasteiger partial charge in [-0.3, -0.25) is 9.48 Å². The van der Waals surface area contributed by atoms with Crippen molar-refractivity contribution in [3.8, 4) is 0 Å². The van der Waals surface area contributed by atoms with Gasteiger partial charge in [-0.1, -0.05) is 32.9 Å². The van der Waals surface area contributed by atoms with Crippen LogP contribution in [0.25, 0.3) is 0 Å². The highest BCUT2D eigenvalue weighted by Crippen LogP contribution is 2.06. The highest BCUT2D eigenvalue weighted by molar-refractivity contribution is 5.81. The predicted molar refractivity (Wildman–Crippen MR) is 111 cm³/mol. The third-order valence-electron chi connectivity index (χ3n) is 4.24. The van der Waals surface area contributed by atoms with Crippen LogP contribution in [0.15, 0.2) is 6.20 Å². The fourth-order valence-electron chi connectivity index (χ4n) is 2.33. The number of aromatic nitrogens is 3. The van der Waals surface area contributed by atoms with Crippen LogP contribution < -0.4 is 0 Å². The molecular formula is C21H39N3O5. The molecule has 0 bridgehead atoms. The van der Waals surface area contributed by atoms with Crippen LogP contribution in [0, 0.1) is 11.8 Å². The minimum atomic E-state index is 0.0153. The van der Waals surface area contributed by atoms with Crippen LogP contribution in [-0.2, 0) is 36.7 Å². The molecule has 29 heavy (non-hydrogen) atoms. The minimum Gasteiger partial charge on any atom is -0.379 e. The fraction of sp³-hybridized carbons (Fsp3) is 0.857. The molecule has 0 N–H and O–H groups in total. The molecule has 1 aromatic heterocycles. The Morgan fingerprint density at radius 3 is 2.10 bits per heavy atom. The second-order valence-electron chi connectivity index (χ2n) is 7.77. The summed E-state index contributed by atoms with van der Waals surface area (Å²) in [5.41, 5.74) is 1.06. The lowest BCUT2D eigenvalue weighted by Gasteiger charge is -2.08. The van der Waals surface area contributed by atoms with Crippen molar-refractivity contribution >= 4 is 5.78 Å². The van der Waals surface area contributed by atoms with Crippen LogP contribution in [-0.4, -0.2) is 73.6 Å². The Morgan fingerprint density at radius 2 is 1.52 bits per heavy atom. The SMILES string of the molecule is CC(C)CCc1cn(CCCOCCOCCOCCOCC(=O)C(C)C)nn1. The smallest absolute Gasteiger partial charge is 0.160 e. The van der Waals surface area contributed by atoms with Crippen molar-refractivity contribution in [2.24, 2.45) is 11.8 Å². The van der Waals surface area contributed by atoms with Crippen molar-refractivity contribution in [3.05, 3.63) is 11.9 Å². The number of carbonyl (C=O) groups is 1. The van der Waals surface area contributed by atoms with Crippen LogP contribution in [0.4, 0.5) is 0 Å². The van der Waals surface area contributed by atoms with Gasteiger partial charge in [0, 0.05) is 25.3 Å². The molecule has 8 nitrogen and oxygen atoms in total. The number of aryl methyl sites for hydroxylation is 2. The standard InChI is InChI=1S/C21H39N3O5/c1-18(2)6-7-20-16-24(23-22-20)8-5-9-26-10-11-27-12-13-28-14-15-29-17-21(25)19(3)4/h16,18-19H,5-15,17H2,1-4H3. The van der Waals surface area contributed by atoms with E-state index in [4.69, 9.17) is 18.9 Å². The van der Waals surface area contributed by atoms with Gasteiger partial charge in [-0.05, 0) is 25.2 Å². The zero-order chi connectivity index (χ0) is 21.3. The number of carbonyl (C=O) groups excluding carboxylic acids is 1. The van der Waals surface area contributed by atoms with Crippen LogP contribution in [0.2, 0.25) is 0 Å². The Bertz CT molecular complexity index is 534. The summed E-state index contributed by atoms with van der Waals surface area (Å²) < 4.78 is 23.5. The zero-order valence-corrected chi connectivity index (χ0v) is 18.6. The third kappa shape index (κ3) is 14.3. The molecule has 0 aliphatic rings. The lowest BCUT2D eigenvalue weighted by molar-refractivity contribution is -0.127. The Hall–Kier alpha value is -1.35. The summed E-state index contributed by atoms with van der Waals surface area (Å²) in [7, 11) is 0. The largest absolute Gasteiger partial charge is 0.379 e. The van der Waals surface area contributed by atoms with E-state index in [9.17, 15) is 4.79 Å². The number of hydrogen-bond acceptors (Lipinski definition) is 7. The molecule has 0 unspecified atom stereocenters. The second kappa shape index (κ2) is 16.4. The number of ether oxygens (including phenoxy) is 4. The van der Waals surface area contributed by atoms with Crippen LogP contribution >= 0.6 is 0 Å². The summed E-state index contributed by atoms with van der Waals surface area (Å²) in [6, 6.07) is 0. The normalized spacial score (nSPS) is 11.7. The van der Waals surface area contributed by atoms with Gasteiger partial charge in [-0.25, -0.2) is 0 Å². The predicted octanol–water partition coefficient (Wildman–Crippen LogP) is 2.55. The molecule has 0 aliphatic heterocycles. The summed E-state index contributed by atoms with van der Waals surface area (Å²) in [5.74, 6) is 0.811. The van der Waals surface area contributed by atoms with Gasteiger partial charge in [0.2, 0.25) is 0 Å². The molecule has 0 fully saturated rings. The molecule has 0 atom stereocenters. The molecule has 0 aromatic carbocycles. The summed E-state index contributed by atoms with van der Waals surface area (Å²) in [5, 5.41) is 8.35. The van der Waals surface area contributed by atoms with Crippen molar-refractivity contribution < 1.29 is 23.7 Å². The topological polar surface area (TPSA) is 84.7 Å². The summed E-state index contributed by atoms with van der Waals surface area (Å²) in [6.45, 7) is 12.8. The third-order valence-corrected chi connectivity index (χ3v) is 4.24. The molecule has 1 aromatic rings. The molecule has 0 saturated carbocycles. The first-order chi connectivity index (χ1) is 14.0. The van der Waals surface area contributed by atoms with Crippen molar-refractivity contribution in [1.29, 1.82) is 0 Å². The van der Waals surface area contributed by atoms with Crippen LogP contribution in [0.3, 0.4) is 0 Å². The molecule has 1 rings (SSSR count). The lowest BCUT2D eigenvalue weighted by Crippen LogP contribution is -2.17. The maximum absolute atomic E-state index is 11.4. The first-order valence-electron chi connectivity index (χ1n) is 10.7. The highest BCUT2D eigenvalue weighted by Gasteiger charge is 2.06. The molecular weight excluding hydrogens is 374 g/mol. The number of ketones is 1. The number of rotatable bonds is 19. The lowest BCUT2D eigenvalue weighted by atomic mass is 10.1. The molecule has 0 aliphatic carbocycles. The Kier molecular flexibility index (Phi) is 14.6. The molecule has 0 spiro atoms. The number of nitrogens with zero attached hydrogens (tertiary/aromatic N) is 3. The van der Waals surface area contributed by atoms with Gasteiger partial charge in [-0.15, -0.1) is 5.10 Å². The van der Waals surface area contributed by atoms with Crippen LogP contribution in [0.5, 0.6) is 0 Å². The quantitative estimate of drug-likeness (QED) is 0.322. The van der Waals surface area contributed by atoms with Gasteiger partial charge in [0.05, 0.1) is 45.3 Å². The van der Waals surface area contributed by atoms with Crippen molar-refractivity contribution in [1.82, 2.24) is 15.0 Å². The fourth-order valence-corrected chi connectivity index (χ4v) is 2.33. The molecule has 8 heteroatoms. The van der Waals surface area contributed by atoms with E-state index in [1.807, 2.05) is 24.7 Å². The Morgan fingerprint density at radius 1 is 0.931 bits per heavy atom. The summed E-state index contributed by atoms with van der Waals surface area (Å²) >= 11 is 0. The first kappa shape index (κ1) is 25.7. The average Bonchev–Trinajstić information content (AvgIpc) is 3.14. The van der Waals surface area contributed by atoms with E-state index in [2.05, 4.69) is 24.2 Å². The van der Waals surface area contributed by atoms with E-state index < -0.39 is 0 Å². The van der Waals surface area contributed by atoms with Gasteiger partial charge >= 0.3 is 0 Å². The summed E-state index contributed by atoms with van der Waals surface area (Å²) in [4.78, 5) is 11.4. The Balaban J connectivity index is 1.83. The molecule has 0 saturated heterocycles. The Labute approximate surface area is 175 Å². The number of Topliss-reactive ketones (excluding diaryl/α,β-unsaturated/α-hetero) is 1. The summed E-state index contributed by atoms with van der Waals surface area (Å²) in [6.07, 6.45) is 5.05. The molecule has 0 amide bonds. The van der Waals surface area contributed by atoms with Crippen molar-refractivity contribution in [2.45, 2.75) is 53.5 Å². The minimum absolute atomic E-state index is 0.0153. The van der Waals surface area contributed by atoms with E-state index in [-0.39, 0.29) is 18.3 Å². The second-order valence-corrected chi connectivity index (χ2v) is 7.77. The van der Waals surface area contributed by atoms with E-state index in [0.717, 1.165) is 31.5 Å². The van der Waals surface area contributed by atoms with E-state index in [1.165, 1.54) is 0 Å². The molecule has 1 heterocycles. The average molecular weight is 414 g/mol. The van der Waals surface area contributed by atoms with Gasteiger partial charge < -0.3 is 18.9 Å². The van der Waals surface area contributed by atoms with E-state index in [1.54, 1.807) is 0 Å². The maximum atomic E-state index is 11.4. The van der Waals surface area contributed by atoms with Gasteiger partial charge in [-0.2, -0.15) is 0 Å². The zero-order valence-electron chi connectivity index (χ0n) is 18.6. The molecule has 0 radical (unpaired) electrons. The maximum Gasteiger partial charge on any atom is 0.160 e. The first-order valence-corrected chi connectivity index (χ1v) is 10.7. The van der Waals surface area contributed by atoms with Gasteiger partial charge in [0.1, 0.15) is 6.61 Å². The molecule has 168 valence electrons. The van der Waals surface area contributed by atoms with E-state index >= 15 is 0 Å².